The fraction of sp³-hybridized carbons (Fsp3) is 0.200. The number of ketones is 1. The number of hydrogen-bond acceptors (Lipinski definition) is 7. The Morgan fingerprint density at radius 1 is 1.06 bits per heavy atom. The fourth-order valence-corrected chi connectivity index (χ4v) is 5.25. The zero-order chi connectivity index (χ0) is 23.8. The summed E-state index contributed by atoms with van der Waals surface area (Å²) in [5, 5.41) is 0. The van der Waals surface area contributed by atoms with Crippen molar-refractivity contribution in [3.63, 3.8) is 0 Å². The molecular weight excluding hydrogens is 466 g/mol. The largest absolute Gasteiger partial charge is 0.381 e. The third-order valence-corrected chi connectivity index (χ3v) is 6.67. The van der Waals surface area contributed by atoms with Crippen LogP contribution in [-0.4, -0.2) is 44.2 Å². The Morgan fingerprint density at radius 3 is 2.25 bits per heavy atom. The van der Waals surface area contributed by atoms with Gasteiger partial charge in [0.05, 0.1) is 11.8 Å². The van der Waals surface area contributed by atoms with Crippen molar-refractivity contribution >= 4 is 25.7 Å². The van der Waals surface area contributed by atoms with Crippen LogP contribution in [0.3, 0.4) is 0 Å². The number of aryl methyl sites for hydroxylation is 2. The summed E-state index contributed by atoms with van der Waals surface area (Å²) >= 11 is 0. The molecule has 0 saturated carbocycles. The van der Waals surface area contributed by atoms with Crippen LogP contribution in [0.4, 0.5) is 8.78 Å². The van der Waals surface area contributed by atoms with Crippen LogP contribution in [0.25, 0.3) is 11.4 Å². The molecule has 0 N–H and O–H groups in total. The molecule has 0 radical (unpaired) electrons. The minimum Gasteiger partial charge on any atom is -0.381 e. The van der Waals surface area contributed by atoms with Gasteiger partial charge in [-0.05, 0) is 30.7 Å². The van der Waals surface area contributed by atoms with Crippen molar-refractivity contribution in [2.45, 2.75) is 11.8 Å². The van der Waals surface area contributed by atoms with Gasteiger partial charge >= 0.3 is 10.1 Å². The van der Waals surface area contributed by atoms with Gasteiger partial charge in [-0.1, -0.05) is 18.2 Å². The minimum absolute atomic E-state index is 0.175. The summed E-state index contributed by atoms with van der Waals surface area (Å²) in [4.78, 5) is 16.2. The van der Waals surface area contributed by atoms with Gasteiger partial charge in [-0.25, -0.2) is 22.2 Å². The molecule has 0 aliphatic rings. The van der Waals surface area contributed by atoms with Crippen LogP contribution in [0, 0.1) is 18.6 Å². The first-order valence-electron chi connectivity index (χ1n) is 9.03. The van der Waals surface area contributed by atoms with Gasteiger partial charge in [-0.15, -0.1) is 0 Å². The van der Waals surface area contributed by atoms with Crippen LogP contribution in [0.5, 0.6) is 5.75 Å². The molecule has 0 bridgehead atoms. The highest BCUT2D eigenvalue weighted by atomic mass is 32.2. The molecule has 0 amide bonds. The molecule has 1 aromatic heterocycles. The topological polar surface area (TPSA) is 112 Å². The van der Waals surface area contributed by atoms with Gasteiger partial charge < -0.3 is 8.75 Å². The van der Waals surface area contributed by atoms with E-state index in [1.807, 2.05) is 0 Å². The quantitative estimate of drug-likeness (QED) is 0.374. The summed E-state index contributed by atoms with van der Waals surface area (Å²) < 4.78 is 83.1. The molecule has 1 heterocycles. The predicted octanol–water partition coefficient (Wildman–Crippen LogP) is 2.67. The van der Waals surface area contributed by atoms with Crippen molar-refractivity contribution in [3.8, 4) is 17.1 Å². The van der Waals surface area contributed by atoms with Gasteiger partial charge in [-0.2, -0.15) is 8.42 Å². The average Bonchev–Trinajstić information content (AvgIpc) is 3.01. The number of nitrogens with zero attached hydrogens (tertiary/aromatic N) is 2. The van der Waals surface area contributed by atoms with E-state index in [1.54, 1.807) is 0 Å². The number of halogens is 2. The number of Topliss-reactive ketones (excluding diaryl/α,β-unsaturated/α-hetero) is 1. The predicted molar refractivity (Wildman–Crippen MR) is 112 cm³/mol. The second-order valence-corrected chi connectivity index (χ2v) is 10.5. The first-order valence-corrected chi connectivity index (χ1v) is 12.5. The number of carbonyl (C=O) groups excluding carboxylic acids is 1. The van der Waals surface area contributed by atoms with Crippen LogP contribution in [-0.2, 0) is 27.0 Å². The van der Waals surface area contributed by atoms with Crippen molar-refractivity contribution < 1.29 is 34.6 Å². The van der Waals surface area contributed by atoms with E-state index in [9.17, 15) is 30.4 Å². The van der Waals surface area contributed by atoms with E-state index in [1.165, 1.54) is 36.7 Å². The molecule has 0 fully saturated rings. The van der Waals surface area contributed by atoms with E-state index in [0.29, 0.717) is 0 Å². The second-order valence-electron chi connectivity index (χ2n) is 7.03. The van der Waals surface area contributed by atoms with Crippen LogP contribution in [0.1, 0.15) is 16.1 Å². The van der Waals surface area contributed by atoms with Gasteiger partial charge in [0.15, 0.2) is 21.4 Å². The van der Waals surface area contributed by atoms with Gasteiger partial charge in [0.2, 0.25) is 0 Å². The standard InChI is InChI=1S/C20H18F2N2O6S2/c1-12-6-4-9-17(30-31(3,26)27)19(12)32(28,29)11-16(25)15-10-24(2)20(23-15)18-13(21)7-5-8-14(18)22/h4-10H,11H2,1-3H3. The van der Waals surface area contributed by atoms with Gasteiger partial charge in [-0.3, -0.25) is 4.79 Å². The number of sulfone groups is 1. The lowest BCUT2D eigenvalue weighted by atomic mass is 10.2. The molecule has 32 heavy (non-hydrogen) atoms. The third kappa shape index (κ3) is 4.86. The molecule has 2 aromatic carbocycles. The van der Waals surface area contributed by atoms with Crippen LogP contribution < -0.4 is 4.18 Å². The Hall–Kier alpha value is -3.12. The van der Waals surface area contributed by atoms with Crippen LogP contribution in [0.15, 0.2) is 47.5 Å². The Bertz CT molecular complexity index is 1410. The minimum atomic E-state index is -4.36. The fourth-order valence-electron chi connectivity index (χ4n) is 3.12. The summed E-state index contributed by atoms with van der Waals surface area (Å²) in [5.41, 5.74) is -0.610. The van der Waals surface area contributed by atoms with E-state index in [0.717, 1.165) is 30.7 Å². The summed E-state index contributed by atoms with van der Waals surface area (Å²) in [5.74, 6) is -4.43. The molecule has 0 atom stereocenters. The maximum atomic E-state index is 14.1. The molecule has 12 heteroatoms. The van der Waals surface area contributed by atoms with Crippen LogP contribution in [0.2, 0.25) is 0 Å². The second kappa shape index (κ2) is 8.43. The van der Waals surface area contributed by atoms with Gasteiger partial charge in [0.25, 0.3) is 0 Å². The molecule has 0 unspecified atom stereocenters. The van der Waals surface area contributed by atoms with E-state index < -0.39 is 59.3 Å². The zero-order valence-corrected chi connectivity index (χ0v) is 18.8. The maximum absolute atomic E-state index is 14.1. The molecule has 3 aromatic rings. The van der Waals surface area contributed by atoms with Crippen molar-refractivity contribution in [3.05, 3.63) is 65.5 Å². The Balaban J connectivity index is 1.99. The number of rotatable bonds is 7. The molecule has 0 aliphatic heterocycles. The van der Waals surface area contributed by atoms with E-state index in [-0.39, 0.29) is 17.1 Å². The zero-order valence-electron chi connectivity index (χ0n) is 17.2. The highest BCUT2D eigenvalue weighted by Gasteiger charge is 2.29. The van der Waals surface area contributed by atoms with E-state index >= 15 is 0 Å². The molecule has 8 nitrogen and oxygen atoms in total. The number of carbonyl (C=O) groups is 1. The van der Waals surface area contributed by atoms with Crippen molar-refractivity contribution in [2.24, 2.45) is 7.05 Å². The molecule has 0 saturated heterocycles. The SMILES string of the molecule is Cc1cccc(OS(C)(=O)=O)c1S(=O)(=O)CC(=O)c1cn(C)c(-c2c(F)cccc2F)n1. The van der Waals surface area contributed by atoms with Crippen LogP contribution >= 0.6 is 0 Å². The summed E-state index contributed by atoms with van der Waals surface area (Å²) in [6, 6.07) is 7.22. The van der Waals surface area contributed by atoms with Crippen molar-refractivity contribution in [1.29, 1.82) is 0 Å². The number of benzene rings is 2. The summed E-state index contributed by atoms with van der Waals surface area (Å²) in [6.07, 6.45) is 1.92. The highest BCUT2D eigenvalue weighted by molar-refractivity contribution is 7.92. The van der Waals surface area contributed by atoms with Crippen molar-refractivity contribution in [2.75, 3.05) is 12.0 Å². The normalized spacial score (nSPS) is 12.0. The lowest BCUT2D eigenvalue weighted by molar-refractivity contribution is 0.101. The number of hydrogen-bond donors (Lipinski definition) is 0. The lowest BCUT2D eigenvalue weighted by Gasteiger charge is -2.12. The Morgan fingerprint density at radius 2 is 1.66 bits per heavy atom. The Kier molecular flexibility index (Phi) is 6.20. The average molecular weight is 485 g/mol. The summed E-state index contributed by atoms with van der Waals surface area (Å²) in [6.45, 7) is 1.42. The summed E-state index contributed by atoms with van der Waals surface area (Å²) in [7, 11) is -7.00. The molecule has 0 aliphatic carbocycles. The van der Waals surface area contributed by atoms with E-state index in [4.69, 9.17) is 4.18 Å². The molecule has 3 rings (SSSR count). The monoisotopic (exact) mass is 484 g/mol. The Labute approximate surface area is 183 Å². The smallest absolute Gasteiger partial charge is 0.306 e. The van der Waals surface area contributed by atoms with Gasteiger partial charge in [0.1, 0.15) is 33.8 Å². The van der Waals surface area contributed by atoms with Crippen molar-refractivity contribution in [1.82, 2.24) is 9.55 Å². The molecular formula is C20H18F2N2O6S2. The first-order chi connectivity index (χ1) is 14.8. The first kappa shape index (κ1) is 23.5. The highest BCUT2D eigenvalue weighted by Crippen LogP contribution is 2.30. The number of aromatic nitrogens is 2. The lowest BCUT2D eigenvalue weighted by Crippen LogP contribution is -2.19. The molecule has 170 valence electrons. The van der Waals surface area contributed by atoms with Gasteiger partial charge in [0, 0.05) is 13.2 Å². The number of imidazole rings is 1. The molecule has 0 spiro atoms. The van der Waals surface area contributed by atoms with E-state index in [2.05, 4.69) is 4.98 Å². The third-order valence-electron chi connectivity index (χ3n) is 4.40. The maximum Gasteiger partial charge on any atom is 0.306 e.